The second kappa shape index (κ2) is 9.76. The lowest BCUT2D eigenvalue weighted by atomic mass is 9.82. The van der Waals surface area contributed by atoms with Crippen LogP contribution in [0.25, 0.3) is 0 Å². The van der Waals surface area contributed by atoms with E-state index in [9.17, 15) is 9.59 Å². The number of ether oxygens (including phenoxy) is 4. The van der Waals surface area contributed by atoms with E-state index in [0.717, 1.165) is 0 Å². The van der Waals surface area contributed by atoms with Crippen LogP contribution < -0.4 is 5.73 Å². The van der Waals surface area contributed by atoms with Crippen LogP contribution in [0.15, 0.2) is 12.7 Å². The molecule has 0 amide bonds. The molecular weight excluding hydrogens is 314 g/mol. The standard InChI is InChI=1S/C17H29NO6/c1-6-7-21-16(20)10(2)8-23-17-15(18)12(4)11(3)14(24-17)9-22-13(5)19/h6,10-12,14-15,17H,1,7-9,18H2,2-5H3/t10-,11-,12-,14?,15-,17?/m0/s1. The molecule has 1 saturated heterocycles. The van der Waals surface area contributed by atoms with E-state index in [4.69, 9.17) is 24.7 Å². The first-order chi connectivity index (χ1) is 11.3. The Labute approximate surface area is 143 Å². The molecule has 0 saturated carbocycles. The number of hydrogen-bond donors (Lipinski definition) is 1. The zero-order valence-electron chi connectivity index (χ0n) is 14.9. The van der Waals surface area contributed by atoms with Gasteiger partial charge in [0.05, 0.1) is 24.7 Å². The van der Waals surface area contributed by atoms with Gasteiger partial charge >= 0.3 is 11.9 Å². The predicted molar refractivity (Wildman–Crippen MR) is 87.9 cm³/mol. The Morgan fingerprint density at radius 1 is 1.29 bits per heavy atom. The molecule has 24 heavy (non-hydrogen) atoms. The Balaban J connectivity index is 2.57. The van der Waals surface area contributed by atoms with Crippen LogP contribution in [0, 0.1) is 17.8 Å². The van der Waals surface area contributed by atoms with Crippen LogP contribution in [0.5, 0.6) is 0 Å². The van der Waals surface area contributed by atoms with E-state index in [1.54, 1.807) is 6.92 Å². The monoisotopic (exact) mass is 343 g/mol. The Morgan fingerprint density at radius 3 is 2.54 bits per heavy atom. The second-order valence-electron chi connectivity index (χ2n) is 6.29. The maximum Gasteiger partial charge on any atom is 0.311 e. The van der Waals surface area contributed by atoms with Gasteiger partial charge in [-0.3, -0.25) is 9.59 Å². The number of nitrogens with two attached hydrogens (primary N) is 1. The van der Waals surface area contributed by atoms with Crippen molar-refractivity contribution in [1.82, 2.24) is 0 Å². The fraction of sp³-hybridized carbons (Fsp3) is 0.765. The summed E-state index contributed by atoms with van der Waals surface area (Å²) in [6.07, 6.45) is 0.553. The normalized spacial score (nSPS) is 31.1. The fourth-order valence-corrected chi connectivity index (χ4v) is 2.46. The third-order valence-electron chi connectivity index (χ3n) is 4.35. The van der Waals surface area contributed by atoms with E-state index in [2.05, 4.69) is 6.58 Å². The zero-order valence-corrected chi connectivity index (χ0v) is 14.9. The highest BCUT2D eigenvalue weighted by atomic mass is 16.7. The lowest BCUT2D eigenvalue weighted by molar-refractivity contribution is -0.242. The van der Waals surface area contributed by atoms with Crippen molar-refractivity contribution in [1.29, 1.82) is 0 Å². The summed E-state index contributed by atoms with van der Waals surface area (Å²) in [6.45, 7) is 11.0. The zero-order chi connectivity index (χ0) is 18.3. The molecule has 1 fully saturated rings. The molecule has 0 radical (unpaired) electrons. The van der Waals surface area contributed by atoms with Gasteiger partial charge in [0.25, 0.3) is 0 Å². The van der Waals surface area contributed by atoms with Crippen molar-refractivity contribution in [3.05, 3.63) is 12.7 Å². The van der Waals surface area contributed by atoms with Crippen molar-refractivity contribution in [2.24, 2.45) is 23.5 Å². The minimum Gasteiger partial charge on any atom is -0.463 e. The highest BCUT2D eigenvalue weighted by molar-refractivity contribution is 5.72. The average molecular weight is 343 g/mol. The Kier molecular flexibility index (Phi) is 8.38. The molecule has 138 valence electrons. The van der Waals surface area contributed by atoms with Crippen LogP contribution in [-0.4, -0.2) is 50.2 Å². The van der Waals surface area contributed by atoms with Gasteiger partial charge < -0.3 is 24.7 Å². The molecule has 0 aromatic rings. The minimum absolute atomic E-state index is 0.118. The summed E-state index contributed by atoms with van der Waals surface area (Å²) in [5.74, 6) is -0.926. The first kappa shape index (κ1) is 20.6. The number of hydrogen-bond acceptors (Lipinski definition) is 7. The van der Waals surface area contributed by atoms with E-state index in [-0.39, 0.29) is 55.7 Å². The van der Waals surface area contributed by atoms with Crippen LogP contribution in [0.2, 0.25) is 0 Å². The number of esters is 2. The van der Waals surface area contributed by atoms with Crippen molar-refractivity contribution in [3.8, 4) is 0 Å². The molecule has 7 nitrogen and oxygen atoms in total. The maximum absolute atomic E-state index is 11.7. The summed E-state index contributed by atoms with van der Waals surface area (Å²) < 4.78 is 21.6. The Morgan fingerprint density at radius 2 is 1.96 bits per heavy atom. The van der Waals surface area contributed by atoms with Gasteiger partial charge in [0.15, 0.2) is 6.29 Å². The molecule has 2 N–H and O–H groups in total. The lowest BCUT2D eigenvalue weighted by Crippen LogP contribution is -2.56. The van der Waals surface area contributed by atoms with Crippen LogP contribution >= 0.6 is 0 Å². The topological polar surface area (TPSA) is 97.1 Å². The first-order valence-corrected chi connectivity index (χ1v) is 8.21. The molecule has 1 rings (SSSR count). The molecule has 2 unspecified atom stereocenters. The van der Waals surface area contributed by atoms with Crippen molar-refractivity contribution in [2.75, 3.05) is 19.8 Å². The smallest absolute Gasteiger partial charge is 0.311 e. The maximum atomic E-state index is 11.7. The molecule has 0 spiro atoms. The predicted octanol–water partition coefficient (Wildman–Crippen LogP) is 1.26. The van der Waals surface area contributed by atoms with Crippen molar-refractivity contribution in [3.63, 3.8) is 0 Å². The van der Waals surface area contributed by atoms with Gasteiger partial charge in [0.1, 0.15) is 13.2 Å². The largest absolute Gasteiger partial charge is 0.463 e. The van der Waals surface area contributed by atoms with Gasteiger partial charge in [0.2, 0.25) is 0 Å². The van der Waals surface area contributed by atoms with Gasteiger partial charge in [-0.05, 0) is 18.8 Å². The van der Waals surface area contributed by atoms with E-state index >= 15 is 0 Å². The molecule has 6 atom stereocenters. The Hall–Kier alpha value is -1.44. The molecule has 0 aromatic carbocycles. The molecule has 1 aliphatic heterocycles. The van der Waals surface area contributed by atoms with Crippen LogP contribution in [0.3, 0.4) is 0 Å². The summed E-state index contributed by atoms with van der Waals surface area (Å²) >= 11 is 0. The number of carbonyl (C=O) groups excluding carboxylic acids is 2. The quantitative estimate of drug-likeness (QED) is 0.523. The molecular formula is C17H29NO6. The van der Waals surface area contributed by atoms with Crippen LogP contribution in [-0.2, 0) is 28.5 Å². The van der Waals surface area contributed by atoms with Gasteiger partial charge in [-0.1, -0.05) is 26.5 Å². The van der Waals surface area contributed by atoms with Crippen molar-refractivity contribution < 1.29 is 28.5 Å². The molecule has 0 bridgehead atoms. The van der Waals surface area contributed by atoms with E-state index in [1.165, 1.54) is 13.0 Å². The third kappa shape index (κ3) is 5.89. The minimum atomic E-state index is -0.661. The summed E-state index contributed by atoms with van der Waals surface area (Å²) in [5.41, 5.74) is 6.19. The molecule has 0 aliphatic carbocycles. The van der Waals surface area contributed by atoms with Crippen LogP contribution in [0.1, 0.15) is 27.7 Å². The third-order valence-corrected chi connectivity index (χ3v) is 4.35. The van der Waals surface area contributed by atoms with Gasteiger partial charge in [-0.25, -0.2) is 0 Å². The van der Waals surface area contributed by atoms with Crippen molar-refractivity contribution in [2.45, 2.75) is 46.1 Å². The molecule has 7 heteroatoms. The molecule has 1 heterocycles. The fourth-order valence-electron chi connectivity index (χ4n) is 2.46. The summed E-state index contributed by atoms with van der Waals surface area (Å²) in [6, 6.07) is -0.329. The van der Waals surface area contributed by atoms with E-state index < -0.39 is 12.2 Å². The van der Waals surface area contributed by atoms with Crippen LogP contribution in [0.4, 0.5) is 0 Å². The number of rotatable bonds is 8. The highest BCUT2D eigenvalue weighted by Crippen LogP contribution is 2.30. The molecule has 0 aromatic heterocycles. The highest BCUT2D eigenvalue weighted by Gasteiger charge is 2.40. The van der Waals surface area contributed by atoms with E-state index in [0.29, 0.717) is 0 Å². The van der Waals surface area contributed by atoms with Gasteiger partial charge in [-0.2, -0.15) is 0 Å². The van der Waals surface area contributed by atoms with Gasteiger partial charge in [-0.15, -0.1) is 0 Å². The van der Waals surface area contributed by atoms with Crippen molar-refractivity contribution >= 4 is 11.9 Å². The van der Waals surface area contributed by atoms with Gasteiger partial charge in [0, 0.05) is 6.92 Å². The SMILES string of the molecule is C=CCOC(=O)[C@@H](C)COC1OC(COC(C)=O)[C@@H](C)[C@H](C)[C@@H]1N. The average Bonchev–Trinajstić information content (AvgIpc) is 2.55. The Bertz CT molecular complexity index is 441. The lowest BCUT2D eigenvalue weighted by Gasteiger charge is -2.42. The van der Waals surface area contributed by atoms with E-state index in [1.807, 2.05) is 13.8 Å². The summed E-state index contributed by atoms with van der Waals surface area (Å²) in [7, 11) is 0. The first-order valence-electron chi connectivity index (χ1n) is 8.21. The number of carbonyl (C=O) groups is 2. The molecule has 1 aliphatic rings. The second-order valence-corrected chi connectivity index (χ2v) is 6.29. The summed E-state index contributed by atoms with van der Waals surface area (Å²) in [5, 5.41) is 0. The summed E-state index contributed by atoms with van der Waals surface area (Å²) in [4.78, 5) is 22.7.